The highest BCUT2D eigenvalue weighted by molar-refractivity contribution is 9.10. The van der Waals surface area contributed by atoms with E-state index in [9.17, 15) is 14.4 Å². The van der Waals surface area contributed by atoms with E-state index >= 15 is 0 Å². The number of pyridine rings is 1. The van der Waals surface area contributed by atoms with Crippen molar-refractivity contribution >= 4 is 27.7 Å². The molecule has 6 nitrogen and oxygen atoms in total. The Hall–Kier alpha value is -2.72. The van der Waals surface area contributed by atoms with E-state index in [-0.39, 0.29) is 23.4 Å². The van der Waals surface area contributed by atoms with E-state index in [0.29, 0.717) is 5.56 Å². The van der Waals surface area contributed by atoms with Crippen LogP contribution in [0.3, 0.4) is 0 Å². The Labute approximate surface area is 139 Å². The lowest BCUT2D eigenvalue weighted by molar-refractivity contribution is 0.0516. The summed E-state index contributed by atoms with van der Waals surface area (Å²) in [6.07, 6.45) is 0. The number of aromatic amines is 1. The third kappa shape index (κ3) is 3.55. The standard InChI is InChI=1S/C16H11BrN2O4/c1-2-23-16(22)13-12(7-10(8-18)15(21)19-13)14(20)9-3-5-11(17)6-4-9/h3-7H,2H2,1H3,(H,19,21). The summed E-state index contributed by atoms with van der Waals surface area (Å²) in [5.74, 6) is -1.32. The molecule has 0 atom stereocenters. The van der Waals surface area contributed by atoms with E-state index in [1.807, 2.05) is 0 Å². The maximum absolute atomic E-state index is 12.6. The second-order valence-corrected chi connectivity index (χ2v) is 5.38. The lowest BCUT2D eigenvalue weighted by Crippen LogP contribution is -2.22. The summed E-state index contributed by atoms with van der Waals surface area (Å²) in [5, 5.41) is 8.96. The van der Waals surface area contributed by atoms with Crippen molar-refractivity contribution in [1.29, 1.82) is 5.26 Å². The number of carbonyl (C=O) groups is 2. The summed E-state index contributed by atoms with van der Waals surface area (Å²) in [5.41, 5.74) is -1.03. The summed E-state index contributed by atoms with van der Waals surface area (Å²) in [6, 6.07) is 9.29. The van der Waals surface area contributed by atoms with Crippen molar-refractivity contribution in [3.05, 3.63) is 67.5 Å². The molecule has 2 rings (SSSR count). The van der Waals surface area contributed by atoms with Gasteiger partial charge in [-0.25, -0.2) is 4.79 Å². The second kappa shape index (κ2) is 7.03. The molecule has 0 aliphatic heterocycles. The monoisotopic (exact) mass is 374 g/mol. The Balaban J connectivity index is 2.61. The lowest BCUT2D eigenvalue weighted by atomic mass is 10.0. The van der Waals surface area contributed by atoms with Crippen LogP contribution in [0.1, 0.15) is 38.9 Å². The van der Waals surface area contributed by atoms with Gasteiger partial charge in [0, 0.05) is 10.0 Å². The quantitative estimate of drug-likeness (QED) is 0.654. The molecule has 0 saturated heterocycles. The van der Waals surface area contributed by atoms with Gasteiger partial charge in [-0.3, -0.25) is 9.59 Å². The number of H-pyrrole nitrogens is 1. The van der Waals surface area contributed by atoms with Crippen molar-refractivity contribution in [2.45, 2.75) is 6.92 Å². The van der Waals surface area contributed by atoms with Crippen LogP contribution in [0.25, 0.3) is 0 Å². The summed E-state index contributed by atoms with van der Waals surface area (Å²) < 4.78 is 5.64. The number of hydrogen-bond donors (Lipinski definition) is 1. The minimum Gasteiger partial charge on any atom is -0.461 e. The van der Waals surface area contributed by atoms with Crippen LogP contribution in [-0.4, -0.2) is 23.3 Å². The maximum Gasteiger partial charge on any atom is 0.355 e. The number of benzene rings is 1. The fraction of sp³-hybridized carbons (Fsp3) is 0.125. The number of aromatic nitrogens is 1. The van der Waals surface area contributed by atoms with Crippen LogP contribution in [0.15, 0.2) is 39.6 Å². The highest BCUT2D eigenvalue weighted by Gasteiger charge is 2.22. The number of nitriles is 1. The number of ether oxygens (including phenoxy) is 1. The highest BCUT2D eigenvalue weighted by Crippen LogP contribution is 2.17. The molecule has 0 aliphatic carbocycles. The molecular formula is C16H11BrN2O4. The number of nitrogens with zero attached hydrogens (tertiary/aromatic N) is 1. The first-order valence-electron chi connectivity index (χ1n) is 6.62. The molecule has 0 unspecified atom stereocenters. The molecule has 0 fully saturated rings. The molecule has 0 radical (unpaired) electrons. The van der Waals surface area contributed by atoms with E-state index in [4.69, 9.17) is 10.00 Å². The van der Waals surface area contributed by atoms with Crippen LogP contribution in [0.4, 0.5) is 0 Å². The molecule has 116 valence electrons. The van der Waals surface area contributed by atoms with E-state index in [1.165, 1.54) is 0 Å². The second-order valence-electron chi connectivity index (χ2n) is 4.47. The Morgan fingerprint density at radius 1 is 1.30 bits per heavy atom. The van der Waals surface area contributed by atoms with E-state index in [0.717, 1.165) is 10.5 Å². The number of halogens is 1. The molecule has 1 aromatic carbocycles. The maximum atomic E-state index is 12.6. The van der Waals surface area contributed by atoms with Gasteiger partial charge in [-0.2, -0.15) is 5.26 Å². The number of hydrogen-bond acceptors (Lipinski definition) is 5. The van der Waals surface area contributed by atoms with Gasteiger partial charge in [-0.1, -0.05) is 15.9 Å². The van der Waals surface area contributed by atoms with Gasteiger partial charge in [0.05, 0.1) is 12.2 Å². The number of esters is 1. The minimum absolute atomic E-state index is 0.0816. The Bertz CT molecular complexity index is 863. The Kier molecular flexibility index (Phi) is 5.09. The first-order valence-corrected chi connectivity index (χ1v) is 7.42. The van der Waals surface area contributed by atoms with Crippen LogP contribution >= 0.6 is 15.9 Å². The van der Waals surface area contributed by atoms with Crippen molar-refractivity contribution < 1.29 is 14.3 Å². The summed E-state index contributed by atoms with van der Waals surface area (Å²) >= 11 is 3.27. The molecule has 2 aromatic rings. The predicted octanol–water partition coefficient (Wildman–Crippen LogP) is 2.42. The fourth-order valence-corrected chi connectivity index (χ4v) is 2.18. The SMILES string of the molecule is CCOC(=O)c1[nH]c(=O)c(C#N)cc1C(=O)c1ccc(Br)cc1. The zero-order valence-electron chi connectivity index (χ0n) is 12.1. The average molecular weight is 375 g/mol. The van der Waals surface area contributed by atoms with Gasteiger partial charge in [-0.15, -0.1) is 0 Å². The Morgan fingerprint density at radius 3 is 2.52 bits per heavy atom. The van der Waals surface area contributed by atoms with Gasteiger partial charge >= 0.3 is 5.97 Å². The smallest absolute Gasteiger partial charge is 0.355 e. The molecule has 0 saturated carbocycles. The van der Waals surface area contributed by atoms with Gasteiger partial charge in [0.15, 0.2) is 5.78 Å². The van der Waals surface area contributed by atoms with Gasteiger partial charge in [0.1, 0.15) is 17.3 Å². The summed E-state index contributed by atoms with van der Waals surface area (Å²) in [6.45, 7) is 1.70. The average Bonchev–Trinajstić information content (AvgIpc) is 2.55. The molecule has 0 amide bonds. The van der Waals surface area contributed by atoms with Crippen LogP contribution in [0.5, 0.6) is 0 Å². The fourth-order valence-electron chi connectivity index (χ4n) is 1.91. The first-order chi connectivity index (χ1) is 11.0. The summed E-state index contributed by atoms with van der Waals surface area (Å²) in [4.78, 5) is 38.6. The number of carbonyl (C=O) groups excluding carboxylic acids is 2. The van der Waals surface area contributed by atoms with Crippen molar-refractivity contribution in [1.82, 2.24) is 4.98 Å². The number of ketones is 1. The highest BCUT2D eigenvalue weighted by atomic mass is 79.9. The zero-order chi connectivity index (χ0) is 17.0. The van der Waals surface area contributed by atoms with Gasteiger partial charge in [0.2, 0.25) is 0 Å². The van der Waals surface area contributed by atoms with Gasteiger partial charge in [-0.05, 0) is 37.3 Å². The van der Waals surface area contributed by atoms with E-state index < -0.39 is 17.3 Å². The van der Waals surface area contributed by atoms with E-state index in [1.54, 1.807) is 37.3 Å². The third-order valence-electron chi connectivity index (χ3n) is 2.99. The van der Waals surface area contributed by atoms with Crippen molar-refractivity contribution in [2.24, 2.45) is 0 Å². The van der Waals surface area contributed by atoms with Crippen LogP contribution in [0, 0.1) is 11.3 Å². The van der Waals surface area contributed by atoms with Crippen LogP contribution < -0.4 is 5.56 Å². The van der Waals surface area contributed by atoms with Crippen LogP contribution in [-0.2, 0) is 4.74 Å². The normalized spacial score (nSPS) is 9.96. The van der Waals surface area contributed by atoms with Crippen molar-refractivity contribution in [3.63, 3.8) is 0 Å². The number of nitrogens with one attached hydrogen (secondary N) is 1. The lowest BCUT2D eigenvalue weighted by Gasteiger charge is -2.08. The zero-order valence-corrected chi connectivity index (χ0v) is 13.6. The van der Waals surface area contributed by atoms with Gasteiger partial charge < -0.3 is 9.72 Å². The van der Waals surface area contributed by atoms with Crippen molar-refractivity contribution in [2.75, 3.05) is 6.61 Å². The van der Waals surface area contributed by atoms with Crippen molar-refractivity contribution in [3.8, 4) is 6.07 Å². The molecule has 0 aliphatic rings. The molecular weight excluding hydrogens is 364 g/mol. The molecule has 0 bridgehead atoms. The first kappa shape index (κ1) is 16.6. The molecule has 0 spiro atoms. The topological polar surface area (TPSA) is 100 Å². The van der Waals surface area contributed by atoms with E-state index in [2.05, 4.69) is 20.9 Å². The molecule has 1 aromatic heterocycles. The molecule has 23 heavy (non-hydrogen) atoms. The molecule has 1 heterocycles. The molecule has 7 heteroatoms. The number of rotatable bonds is 4. The van der Waals surface area contributed by atoms with Crippen LogP contribution in [0.2, 0.25) is 0 Å². The molecule has 1 N–H and O–H groups in total. The summed E-state index contributed by atoms with van der Waals surface area (Å²) in [7, 11) is 0. The predicted molar refractivity (Wildman–Crippen MR) is 85.3 cm³/mol. The Morgan fingerprint density at radius 2 is 1.96 bits per heavy atom. The minimum atomic E-state index is -0.824. The van der Waals surface area contributed by atoms with Gasteiger partial charge in [0.25, 0.3) is 5.56 Å². The third-order valence-corrected chi connectivity index (χ3v) is 3.52. The largest absolute Gasteiger partial charge is 0.461 e.